The molecule has 0 amide bonds. The van der Waals surface area contributed by atoms with Gasteiger partial charge in [0.15, 0.2) is 0 Å². The zero-order chi connectivity index (χ0) is 13.8. The molecule has 0 spiro atoms. The van der Waals surface area contributed by atoms with E-state index in [2.05, 4.69) is 24.0 Å². The molecule has 2 nitrogen and oxygen atoms in total. The van der Waals surface area contributed by atoms with E-state index in [4.69, 9.17) is 4.98 Å². The fourth-order valence-electron chi connectivity index (χ4n) is 3.80. The summed E-state index contributed by atoms with van der Waals surface area (Å²) in [6.07, 6.45) is 11.1. The Labute approximate surface area is 123 Å². The van der Waals surface area contributed by atoms with Gasteiger partial charge in [-0.3, -0.25) is 4.98 Å². The molecule has 0 bridgehead atoms. The molecule has 0 N–H and O–H groups in total. The molecule has 1 aromatic heterocycles. The first-order valence-electron chi connectivity index (χ1n) is 8.49. The summed E-state index contributed by atoms with van der Waals surface area (Å²) in [5, 5.41) is 0. The molecule has 1 aliphatic carbocycles. The van der Waals surface area contributed by atoms with Crippen LogP contribution in [0.25, 0.3) is 0 Å². The summed E-state index contributed by atoms with van der Waals surface area (Å²) in [5.74, 6) is 1.01. The lowest BCUT2D eigenvalue weighted by Gasteiger charge is -2.26. The van der Waals surface area contributed by atoms with Crippen molar-refractivity contribution < 1.29 is 0 Å². The van der Waals surface area contributed by atoms with E-state index < -0.39 is 0 Å². The first-order chi connectivity index (χ1) is 9.81. The number of nitrogens with zero attached hydrogens (tertiary/aromatic N) is 2. The number of aryl methyl sites for hydroxylation is 1. The number of rotatable bonds is 3. The maximum Gasteiger partial charge on any atom is 0.0451 e. The number of hydrogen-bond acceptors (Lipinski definition) is 2. The Morgan fingerprint density at radius 1 is 1.10 bits per heavy atom. The van der Waals surface area contributed by atoms with Crippen LogP contribution in [0.2, 0.25) is 0 Å². The van der Waals surface area contributed by atoms with E-state index in [1.807, 2.05) is 0 Å². The van der Waals surface area contributed by atoms with Crippen molar-refractivity contribution in [2.45, 2.75) is 58.3 Å². The summed E-state index contributed by atoms with van der Waals surface area (Å²) < 4.78 is 0. The van der Waals surface area contributed by atoms with Crippen LogP contribution in [-0.4, -0.2) is 29.5 Å². The molecule has 0 atom stereocenters. The van der Waals surface area contributed by atoms with Gasteiger partial charge in [0.2, 0.25) is 0 Å². The van der Waals surface area contributed by atoms with E-state index in [1.54, 1.807) is 0 Å². The van der Waals surface area contributed by atoms with Crippen LogP contribution in [0.15, 0.2) is 12.1 Å². The molecule has 0 aromatic carbocycles. The van der Waals surface area contributed by atoms with Crippen LogP contribution < -0.4 is 0 Å². The molecular formula is C18H28N2. The molecule has 1 aromatic rings. The summed E-state index contributed by atoms with van der Waals surface area (Å²) >= 11 is 0. The second-order valence-corrected chi connectivity index (χ2v) is 6.69. The quantitative estimate of drug-likeness (QED) is 0.833. The van der Waals surface area contributed by atoms with E-state index in [1.165, 1.54) is 81.5 Å². The van der Waals surface area contributed by atoms with Gasteiger partial charge in [-0.25, -0.2) is 0 Å². The lowest BCUT2D eigenvalue weighted by atomic mass is 9.87. The Balaban J connectivity index is 1.51. The van der Waals surface area contributed by atoms with Gasteiger partial charge in [-0.15, -0.1) is 0 Å². The molecule has 0 saturated heterocycles. The molecule has 20 heavy (non-hydrogen) atoms. The Hall–Kier alpha value is -0.890. The maximum atomic E-state index is 4.73. The summed E-state index contributed by atoms with van der Waals surface area (Å²) in [7, 11) is 0. The monoisotopic (exact) mass is 272 g/mol. The minimum absolute atomic E-state index is 1.01. The summed E-state index contributed by atoms with van der Waals surface area (Å²) in [6, 6.07) is 4.46. The zero-order valence-electron chi connectivity index (χ0n) is 12.9. The number of fused-ring (bicyclic) bond motifs is 1. The Morgan fingerprint density at radius 2 is 1.90 bits per heavy atom. The van der Waals surface area contributed by atoms with Crippen LogP contribution in [-0.2, 0) is 12.8 Å². The van der Waals surface area contributed by atoms with E-state index in [9.17, 15) is 0 Å². The van der Waals surface area contributed by atoms with Crippen molar-refractivity contribution in [3.8, 4) is 0 Å². The van der Waals surface area contributed by atoms with Crippen LogP contribution >= 0.6 is 0 Å². The molecule has 1 saturated carbocycles. The van der Waals surface area contributed by atoms with E-state index in [0.29, 0.717) is 0 Å². The first-order valence-corrected chi connectivity index (χ1v) is 8.49. The molecular weight excluding hydrogens is 244 g/mol. The molecule has 0 unspecified atom stereocenters. The molecule has 1 aliphatic heterocycles. The van der Waals surface area contributed by atoms with Crippen LogP contribution in [0.4, 0.5) is 0 Å². The van der Waals surface area contributed by atoms with Gasteiger partial charge in [-0.05, 0) is 43.9 Å². The normalized spacial score (nSPS) is 21.4. The van der Waals surface area contributed by atoms with Crippen LogP contribution in [0.5, 0.6) is 0 Å². The van der Waals surface area contributed by atoms with Crippen molar-refractivity contribution in [2.75, 3.05) is 19.6 Å². The number of hydrogen-bond donors (Lipinski definition) is 0. The topological polar surface area (TPSA) is 16.1 Å². The molecule has 110 valence electrons. The van der Waals surface area contributed by atoms with E-state index in [-0.39, 0.29) is 0 Å². The van der Waals surface area contributed by atoms with Crippen LogP contribution in [0.3, 0.4) is 0 Å². The third-order valence-corrected chi connectivity index (χ3v) is 5.15. The van der Waals surface area contributed by atoms with Crippen LogP contribution in [0, 0.1) is 12.8 Å². The van der Waals surface area contributed by atoms with E-state index >= 15 is 0 Å². The van der Waals surface area contributed by atoms with Gasteiger partial charge < -0.3 is 4.90 Å². The van der Waals surface area contributed by atoms with Gasteiger partial charge in [0.1, 0.15) is 0 Å². The number of aromatic nitrogens is 1. The van der Waals surface area contributed by atoms with Crippen molar-refractivity contribution in [1.29, 1.82) is 0 Å². The maximum absolute atomic E-state index is 4.73. The van der Waals surface area contributed by atoms with Crippen molar-refractivity contribution in [3.05, 3.63) is 29.1 Å². The molecule has 2 heterocycles. The van der Waals surface area contributed by atoms with Gasteiger partial charge >= 0.3 is 0 Å². The summed E-state index contributed by atoms with van der Waals surface area (Å²) in [6.45, 7) is 5.84. The van der Waals surface area contributed by atoms with Gasteiger partial charge in [0.25, 0.3) is 0 Å². The van der Waals surface area contributed by atoms with Crippen molar-refractivity contribution in [3.63, 3.8) is 0 Å². The molecule has 2 heteroatoms. The summed E-state index contributed by atoms with van der Waals surface area (Å²) in [4.78, 5) is 7.40. The molecule has 0 radical (unpaired) electrons. The second kappa shape index (κ2) is 6.71. The highest BCUT2D eigenvalue weighted by Gasteiger charge is 2.18. The second-order valence-electron chi connectivity index (χ2n) is 6.69. The van der Waals surface area contributed by atoms with Crippen molar-refractivity contribution in [1.82, 2.24) is 9.88 Å². The largest absolute Gasteiger partial charge is 0.303 e. The van der Waals surface area contributed by atoms with Gasteiger partial charge in [0, 0.05) is 30.9 Å². The highest BCUT2D eigenvalue weighted by atomic mass is 15.1. The zero-order valence-corrected chi connectivity index (χ0v) is 12.9. The smallest absolute Gasteiger partial charge is 0.0451 e. The molecule has 2 aliphatic rings. The highest BCUT2D eigenvalue weighted by molar-refractivity contribution is 5.24. The predicted molar refractivity (Wildman–Crippen MR) is 84.0 cm³/mol. The predicted octanol–water partition coefficient (Wildman–Crippen LogP) is 3.76. The summed E-state index contributed by atoms with van der Waals surface area (Å²) in [5.41, 5.74) is 4.00. The fraction of sp³-hybridized carbons (Fsp3) is 0.722. The average molecular weight is 272 g/mol. The van der Waals surface area contributed by atoms with E-state index in [0.717, 1.165) is 12.3 Å². The molecule has 1 fully saturated rings. The van der Waals surface area contributed by atoms with Crippen LogP contribution in [0.1, 0.15) is 55.5 Å². The minimum atomic E-state index is 1.01. The lowest BCUT2D eigenvalue weighted by molar-refractivity contribution is 0.239. The number of pyridine rings is 1. The van der Waals surface area contributed by atoms with Crippen molar-refractivity contribution >= 4 is 0 Å². The van der Waals surface area contributed by atoms with Crippen molar-refractivity contribution in [2.24, 2.45) is 5.92 Å². The van der Waals surface area contributed by atoms with Gasteiger partial charge in [-0.2, -0.15) is 0 Å². The van der Waals surface area contributed by atoms with Gasteiger partial charge in [0.05, 0.1) is 0 Å². The highest BCUT2D eigenvalue weighted by Crippen LogP contribution is 2.26. The minimum Gasteiger partial charge on any atom is -0.303 e. The first kappa shape index (κ1) is 14.1. The Kier molecular flexibility index (Phi) is 4.72. The standard InChI is InChI=1S/C18H28N2/c1-15-7-8-17-10-13-20(14-11-18(17)19-15)12-9-16-5-3-2-4-6-16/h7-8,16H,2-6,9-14H2,1H3. The fourth-order valence-corrected chi connectivity index (χ4v) is 3.80. The Bertz CT molecular complexity index is 435. The molecule has 3 rings (SSSR count). The SMILES string of the molecule is Cc1ccc2c(n1)CCN(CCC1CCCCC1)CC2. The van der Waals surface area contributed by atoms with Gasteiger partial charge in [-0.1, -0.05) is 38.2 Å². The average Bonchev–Trinajstić information content (AvgIpc) is 2.68. The lowest BCUT2D eigenvalue weighted by Crippen LogP contribution is -2.29. The Morgan fingerprint density at radius 3 is 2.75 bits per heavy atom. The third kappa shape index (κ3) is 3.60. The third-order valence-electron chi connectivity index (χ3n) is 5.15.